The van der Waals surface area contributed by atoms with Crippen LogP contribution in [0.5, 0.6) is 5.75 Å². The molecule has 8 nitrogen and oxygen atoms in total. The summed E-state index contributed by atoms with van der Waals surface area (Å²) in [5, 5.41) is 2.69. The summed E-state index contributed by atoms with van der Waals surface area (Å²) in [6.45, 7) is 1.70. The van der Waals surface area contributed by atoms with E-state index in [0.717, 1.165) is 0 Å². The quantitative estimate of drug-likeness (QED) is 0.858. The Kier molecular flexibility index (Phi) is 3.88. The third-order valence-electron chi connectivity index (χ3n) is 3.38. The number of ether oxygens (including phenoxy) is 1. The molecule has 0 spiro atoms. The molecular weight excluding hydrogens is 300 g/mol. The van der Waals surface area contributed by atoms with Crippen molar-refractivity contribution in [1.82, 2.24) is 10.3 Å². The first-order valence-electron chi connectivity index (χ1n) is 7.08. The number of nitrogens with one attached hydrogen (secondary N) is 1. The van der Waals surface area contributed by atoms with Gasteiger partial charge in [0.05, 0.1) is 12.8 Å². The van der Waals surface area contributed by atoms with Crippen LogP contribution >= 0.6 is 0 Å². The minimum absolute atomic E-state index is 0.170. The van der Waals surface area contributed by atoms with Crippen molar-refractivity contribution >= 4 is 23.5 Å². The van der Waals surface area contributed by atoms with Crippen LogP contribution in [0.25, 0.3) is 0 Å². The van der Waals surface area contributed by atoms with Crippen molar-refractivity contribution < 1.29 is 18.7 Å². The van der Waals surface area contributed by atoms with Gasteiger partial charge in [-0.15, -0.1) is 0 Å². The third kappa shape index (κ3) is 3.10. The van der Waals surface area contributed by atoms with E-state index < -0.39 is 6.10 Å². The molecule has 0 radical (unpaired) electrons. The van der Waals surface area contributed by atoms with E-state index in [1.807, 2.05) is 0 Å². The van der Waals surface area contributed by atoms with Crippen LogP contribution in [0.15, 0.2) is 34.9 Å². The van der Waals surface area contributed by atoms with E-state index in [1.165, 1.54) is 11.2 Å². The van der Waals surface area contributed by atoms with Gasteiger partial charge in [0.2, 0.25) is 5.91 Å². The summed E-state index contributed by atoms with van der Waals surface area (Å²) in [4.78, 5) is 29.8. The standard InChI is InChI=1S/C15H16N4O4/c1-9-15(21)19(14-11(23-9)4-5-12(16)18-14)8-13(20)17-7-10-3-2-6-22-10/h2-6,9H,7-8H2,1H3,(H2,16,18)(H,17,20). The van der Waals surface area contributed by atoms with Crippen molar-refractivity contribution in [2.75, 3.05) is 17.2 Å². The lowest BCUT2D eigenvalue weighted by atomic mass is 10.2. The number of hydrogen-bond acceptors (Lipinski definition) is 6. The molecule has 0 bridgehead atoms. The number of nitrogens with zero attached hydrogens (tertiary/aromatic N) is 2. The number of carbonyl (C=O) groups is 2. The topological polar surface area (TPSA) is 111 Å². The zero-order chi connectivity index (χ0) is 16.4. The van der Waals surface area contributed by atoms with E-state index in [1.54, 1.807) is 31.2 Å². The first kappa shape index (κ1) is 14.9. The van der Waals surface area contributed by atoms with Gasteiger partial charge in [0.15, 0.2) is 17.7 Å². The molecule has 0 fully saturated rings. The lowest BCUT2D eigenvalue weighted by Crippen LogP contribution is -2.49. The molecule has 1 aliphatic rings. The summed E-state index contributed by atoms with van der Waals surface area (Å²) < 4.78 is 10.6. The highest BCUT2D eigenvalue weighted by molar-refractivity contribution is 6.02. The molecule has 120 valence electrons. The summed E-state index contributed by atoms with van der Waals surface area (Å²) >= 11 is 0. The first-order valence-corrected chi connectivity index (χ1v) is 7.08. The van der Waals surface area contributed by atoms with Gasteiger partial charge in [-0.2, -0.15) is 0 Å². The van der Waals surface area contributed by atoms with Gasteiger partial charge in [0.25, 0.3) is 5.91 Å². The number of hydrogen-bond donors (Lipinski definition) is 2. The Morgan fingerprint density at radius 3 is 3.00 bits per heavy atom. The Bertz CT molecular complexity index is 729. The first-order chi connectivity index (χ1) is 11.0. The van der Waals surface area contributed by atoms with E-state index >= 15 is 0 Å². The van der Waals surface area contributed by atoms with Gasteiger partial charge in [0.1, 0.15) is 18.1 Å². The minimum Gasteiger partial charge on any atom is -0.477 e. The summed E-state index contributed by atoms with van der Waals surface area (Å²) in [5.41, 5.74) is 5.66. The largest absolute Gasteiger partial charge is 0.477 e. The summed E-state index contributed by atoms with van der Waals surface area (Å²) in [6.07, 6.45) is 0.836. The Morgan fingerprint density at radius 2 is 2.26 bits per heavy atom. The van der Waals surface area contributed by atoms with Crippen molar-refractivity contribution in [3.63, 3.8) is 0 Å². The van der Waals surface area contributed by atoms with Crippen LogP contribution in [0.4, 0.5) is 11.6 Å². The molecular formula is C15H16N4O4. The number of pyridine rings is 1. The van der Waals surface area contributed by atoms with Gasteiger partial charge >= 0.3 is 0 Å². The van der Waals surface area contributed by atoms with Crippen molar-refractivity contribution in [2.45, 2.75) is 19.6 Å². The second kappa shape index (κ2) is 5.99. The predicted molar refractivity (Wildman–Crippen MR) is 81.6 cm³/mol. The lowest BCUT2D eigenvalue weighted by molar-refractivity contribution is -0.128. The molecule has 1 unspecified atom stereocenters. The maximum Gasteiger partial charge on any atom is 0.269 e. The van der Waals surface area contributed by atoms with Gasteiger partial charge in [-0.3, -0.25) is 14.5 Å². The second-order valence-corrected chi connectivity index (χ2v) is 5.10. The highest BCUT2D eigenvalue weighted by Gasteiger charge is 2.34. The Hall–Kier alpha value is -3.03. The third-order valence-corrected chi connectivity index (χ3v) is 3.38. The number of aromatic nitrogens is 1. The number of anilines is 2. The van der Waals surface area contributed by atoms with Gasteiger partial charge in [-0.1, -0.05) is 0 Å². The maximum absolute atomic E-state index is 12.3. The molecule has 0 saturated heterocycles. The number of nitrogen functional groups attached to an aromatic ring is 1. The SMILES string of the molecule is CC1Oc2ccc(N)nc2N(CC(=O)NCc2ccco2)C1=O. The van der Waals surface area contributed by atoms with Crippen molar-refractivity contribution in [2.24, 2.45) is 0 Å². The molecule has 3 heterocycles. The van der Waals surface area contributed by atoms with E-state index in [9.17, 15) is 9.59 Å². The number of carbonyl (C=O) groups excluding carboxylic acids is 2. The van der Waals surface area contributed by atoms with Crippen LogP contribution in [0.1, 0.15) is 12.7 Å². The molecule has 2 aromatic heterocycles. The molecule has 0 aromatic carbocycles. The van der Waals surface area contributed by atoms with Gasteiger partial charge in [0, 0.05) is 0 Å². The average Bonchev–Trinajstić information content (AvgIpc) is 3.04. The average molecular weight is 316 g/mol. The van der Waals surface area contributed by atoms with Crippen LogP contribution in [0.3, 0.4) is 0 Å². The summed E-state index contributed by atoms with van der Waals surface area (Å²) in [5.74, 6) is 0.868. The second-order valence-electron chi connectivity index (χ2n) is 5.10. The van der Waals surface area contributed by atoms with Gasteiger partial charge < -0.3 is 20.2 Å². The molecule has 8 heteroatoms. The minimum atomic E-state index is -0.689. The molecule has 1 atom stereocenters. The Morgan fingerprint density at radius 1 is 1.43 bits per heavy atom. The smallest absolute Gasteiger partial charge is 0.269 e. The highest BCUT2D eigenvalue weighted by Crippen LogP contribution is 2.32. The lowest BCUT2D eigenvalue weighted by Gasteiger charge is -2.31. The number of fused-ring (bicyclic) bond motifs is 1. The summed E-state index contributed by atoms with van der Waals surface area (Å²) in [7, 11) is 0. The van der Waals surface area contributed by atoms with Crippen molar-refractivity contribution in [3.05, 3.63) is 36.3 Å². The Balaban J connectivity index is 1.74. The molecule has 2 aromatic rings. The molecule has 3 rings (SSSR count). The predicted octanol–water partition coefficient (Wildman–Crippen LogP) is 0.687. The van der Waals surface area contributed by atoms with Crippen LogP contribution in [0, 0.1) is 0 Å². The molecule has 23 heavy (non-hydrogen) atoms. The van der Waals surface area contributed by atoms with E-state index in [2.05, 4.69) is 10.3 Å². The maximum atomic E-state index is 12.3. The molecule has 0 aliphatic carbocycles. The fourth-order valence-electron chi connectivity index (χ4n) is 2.25. The molecule has 1 aliphatic heterocycles. The molecule has 3 N–H and O–H groups in total. The van der Waals surface area contributed by atoms with Gasteiger partial charge in [-0.25, -0.2) is 4.98 Å². The number of nitrogens with two attached hydrogens (primary N) is 1. The fourth-order valence-corrected chi connectivity index (χ4v) is 2.25. The monoisotopic (exact) mass is 316 g/mol. The van der Waals surface area contributed by atoms with E-state index in [4.69, 9.17) is 14.9 Å². The number of furan rings is 1. The van der Waals surface area contributed by atoms with Crippen molar-refractivity contribution in [1.29, 1.82) is 0 Å². The zero-order valence-electron chi connectivity index (χ0n) is 12.5. The van der Waals surface area contributed by atoms with Crippen LogP contribution in [-0.2, 0) is 16.1 Å². The Labute approximate surface area is 132 Å². The van der Waals surface area contributed by atoms with Crippen LogP contribution in [-0.4, -0.2) is 29.4 Å². The normalized spacial score (nSPS) is 16.7. The number of amides is 2. The molecule has 0 saturated carbocycles. The number of rotatable bonds is 4. The summed E-state index contributed by atoms with van der Waals surface area (Å²) in [6, 6.07) is 6.70. The fraction of sp³-hybridized carbons (Fsp3) is 0.267. The van der Waals surface area contributed by atoms with E-state index in [-0.39, 0.29) is 36.5 Å². The molecule has 2 amide bonds. The van der Waals surface area contributed by atoms with Gasteiger partial charge in [-0.05, 0) is 31.2 Å². The van der Waals surface area contributed by atoms with E-state index in [0.29, 0.717) is 11.5 Å². The van der Waals surface area contributed by atoms with Crippen LogP contribution < -0.4 is 20.7 Å². The van der Waals surface area contributed by atoms with Crippen molar-refractivity contribution in [3.8, 4) is 5.75 Å². The van der Waals surface area contributed by atoms with Crippen LogP contribution in [0.2, 0.25) is 0 Å². The highest BCUT2D eigenvalue weighted by atomic mass is 16.5. The zero-order valence-corrected chi connectivity index (χ0v) is 12.5.